The molecule has 172 valence electrons. The number of benzene rings is 3. The molecular weight excluding hydrogens is 422 g/mol. The van der Waals surface area contributed by atoms with Gasteiger partial charge in [0.25, 0.3) is 5.91 Å². The minimum Gasteiger partial charge on any atom is -0.310 e. The molecule has 5 heteroatoms. The lowest BCUT2D eigenvalue weighted by atomic mass is 9.89. The van der Waals surface area contributed by atoms with Gasteiger partial charge in [-0.05, 0) is 65.4 Å². The maximum Gasteiger partial charge on any atom is 0.277 e. The molecule has 2 heterocycles. The normalized spacial score (nSPS) is 15.1. The second-order valence-electron chi connectivity index (χ2n) is 8.92. The van der Waals surface area contributed by atoms with Gasteiger partial charge in [-0.15, -0.1) is 0 Å². The lowest BCUT2D eigenvalue weighted by molar-refractivity contribution is -0.0589. The number of nitrogens with one attached hydrogen (secondary N) is 1. The highest BCUT2D eigenvalue weighted by Gasteiger charge is 2.20. The van der Waals surface area contributed by atoms with Crippen molar-refractivity contribution in [3.05, 3.63) is 102 Å². The molecule has 1 aromatic heterocycles. The van der Waals surface area contributed by atoms with Crippen molar-refractivity contribution in [2.75, 3.05) is 6.54 Å². The zero-order valence-corrected chi connectivity index (χ0v) is 19.2. The third-order valence-corrected chi connectivity index (χ3v) is 6.67. The second kappa shape index (κ2) is 10.2. The number of hydrogen-bond donors (Lipinski definition) is 2. The lowest BCUT2D eigenvalue weighted by Crippen LogP contribution is -2.35. The molecule has 0 bridgehead atoms. The van der Waals surface area contributed by atoms with Crippen molar-refractivity contribution in [1.29, 1.82) is 0 Å². The molecule has 0 saturated heterocycles. The monoisotopic (exact) mass is 451 g/mol. The number of aromatic nitrogens is 1. The van der Waals surface area contributed by atoms with Gasteiger partial charge in [0.2, 0.25) is 0 Å². The molecule has 5 rings (SSSR count). The molecule has 1 amide bonds. The minimum atomic E-state index is -0.372. The van der Waals surface area contributed by atoms with E-state index in [1.165, 1.54) is 21.9 Å². The van der Waals surface area contributed by atoms with Crippen molar-refractivity contribution < 1.29 is 10.0 Å². The number of rotatable bonds is 7. The molecule has 1 aliphatic rings. The van der Waals surface area contributed by atoms with Gasteiger partial charge in [0, 0.05) is 36.5 Å². The Morgan fingerprint density at radius 1 is 0.971 bits per heavy atom. The van der Waals surface area contributed by atoms with Gasteiger partial charge < -0.3 is 5.32 Å². The molecule has 0 spiro atoms. The van der Waals surface area contributed by atoms with Crippen molar-refractivity contribution in [3.8, 4) is 11.3 Å². The lowest BCUT2D eigenvalue weighted by Gasteiger charge is -2.27. The Labute approximate surface area is 200 Å². The largest absolute Gasteiger partial charge is 0.310 e. The quantitative estimate of drug-likeness (QED) is 0.218. The molecule has 0 fully saturated rings. The zero-order valence-electron chi connectivity index (χ0n) is 19.2. The maximum absolute atomic E-state index is 12.6. The summed E-state index contributed by atoms with van der Waals surface area (Å²) in [7, 11) is 0. The van der Waals surface area contributed by atoms with E-state index >= 15 is 0 Å². The van der Waals surface area contributed by atoms with Crippen molar-refractivity contribution in [2.24, 2.45) is 0 Å². The summed E-state index contributed by atoms with van der Waals surface area (Å²) in [6, 6.07) is 26.4. The molecule has 0 aliphatic carbocycles. The van der Waals surface area contributed by atoms with Crippen LogP contribution in [0.4, 0.5) is 0 Å². The Hall–Kier alpha value is -3.54. The van der Waals surface area contributed by atoms with Crippen LogP contribution < -0.4 is 5.32 Å². The van der Waals surface area contributed by atoms with E-state index in [9.17, 15) is 10.0 Å². The highest BCUT2D eigenvalue weighted by Crippen LogP contribution is 2.27. The van der Waals surface area contributed by atoms with Crippen molar-refractivity contribution >= 4 is 16.7 Å². The number of nitrogens with zero attached hydrogens (tertiary/aromatic N) is 2. The fourth-order valence-electron chi connectivity index (χ4n) is 4.78. The van der Waals surface area contributed by atoms with Gasteiger partial charge in [-0.3, -0.25) is 15.0 Å². The minimum absolute atomic E-state index is 0.326. The topological polar surface area (TPSA) is 65.5 Å². The van der Waals surface area contributed by atoms with Crippen molar-refractivity contribution in [3.63, 3.8) is 0 Å². The van der Waals surface area contributed by atoms with E-state index in [2.05, 4.69) is 46.7 Å². The Morgan fingerprint density at radius 3 is 2.62 bits per heavy atom. The first kappa shape index (κ1) is 22.3. The van der Waals surface area contributed by atoms with Crippen LogP contribution in [-0.2, 0) is 13.0 Å². The van der Waals surface area contributed by atoms with Crippen LogP contribution in [0.5, 0.6) is 0 Å². The number of unbranched alkanes of at least 4 members (excludes halogenated alkanes) is 1. The molecule has 2 N–H and O–H groups in total. The highest BCUT2D eigenvalue weighted by molar-refractivity contribution is 5.93. The van der Waals surface area contributed by atoms with Crippen LogP contribution in [0.25, 0.3) is 22.0 Å². The summed E-state index contributed by atoms with van der Waals surface area (Å²) >= 11 is 0. The van der Waals surface area contributed by atoms with Crippen LogP contribution in [0, 0.1) is 0 Å². The Morgan fingerprint density at radius 2 is 1.79 bits per heavy atom. The van der Waals surface area contributed by atoms with Gasteiger partial charge in [-0.2, -0.15) is 0 Å². The highest BCUT2D eigenvalue weighted by atomic mass is 16.5. The van der Waals surface area contributed by atoms with Crippen molar-refractivity contribution in [1.82, 2.24) is 15.4 Å². The number of carbonyl (C=O) groups is 1. The van der Waals surface area contributed by atoms with E-state index in [1.807, 2.05) is 30.3 Å². The van der Waals surface area contributed by atoms with Gasteiger partial charge in [0.1, 0.15) is 0 Å². The molecule has 4 aromatic rings. The summed E-state index contributed by atoms with van der Waals surface area (Å²) in [6.45, 7) is 1.22. The smallest absolute Gasteiger partial charge is 0.277 e. The predicted molar refractivity (Wildman–Crippen MR) is 135 cm³/mol. The summed E-state index contributed by atoms with van der Waals surface area (Å²) in [5.74, 6) is -0.372. The number of hydroxylamine groups is 2. The predicted octanol–water partition coefficient (Wildman–Crippen LogP) is 5.62. The summed E-state index contributed by atoms with van der Waals surface area (Å²) in [4.78, 5) is 16.9. The molecule has 1 unspecified atom stereocenters. The van der Waals surface area contributed by atoms with E-state index < -0.39 is 0 Å². The second-order valence-corrected chi connectivity index (χ2v) is 8.92. The van der Waals surface area contributed by atoms with E-state index in [4.69, 9.17) is 0 Å². The third-order valence-electron chi connectivity index (χ3n) is 6.67. The van der Waals surface area contributed by atoms with Crippen LogP contribution in [0.15, 0.2) is 85.1 Å². The van der Waals surface area contributed by atoms with Crippen LogP contribution >= 0.6 is 0 Å². The third kappa shape index (κ3) is 4.86. The molecule has 0 saturated carbocycles. The first-order valence-corrected chi connectivity index (χ1v) is 11.9. The number of pyridine rings is 1. The summed E-state index contributed by atoms with van der Waals surface area (Å²) in [6.07, 6.45) is 5.48. The summed E-state index contributed by atoms with van der Waals surface area (Å²) in [5.41, 5.74) is 5.11. The Balaban J connectivity index is 1.11. The first-order chi connectivity index (χ1) is 16.7. The van der Waals surface area contributed by atoms with Crippen molar-refractivity contribution in [2.45, 2.75) is 38.3 Å². The van der Waals surface area contributed by atoms with Gasteiger partial charge in [0.15, 0.2) is 0 Å². The molecule has 0 radical (unpaired) electrons. The number of amides is 1. The maximum atomic E-state index is 12.6. The first-order valence-electron chi connectivity index (χ1n) is 11.9. The van der Waals surface area contributed by atoms with Crippen LogP contribution in [0.2, 0.25) is 0 Å². The van der Waals surface area contributed by atoms with E-state index in [0.29, 0.717) is 18.2 Å². The molecular formula is C29H29N3O2. The zero-order chi connectivity index (χ0) is 23.3. The number of carbonyl (C=O) groups excluding carboxylic acids is 1. The van der Waals surface area contributed by atoms with Gasteiger partial charge in [0.05, 0.1) is 5.69 Å². The summed E-state index contributed by atoms with van der Waals surface area (Å²) < 4.78 is 0. The number of hydrogen-bond acceptors (Lipinski definition) is 4. The van der Waals surface area contributed by atoms with Crippen LogP contribution in [0.1, 0.15) is 40.7 Å². The van der Waals surface area contributed by atoms with Gasteiger partial charge >= 0.3 is 0 Å². The van der Waals surface area contributed by atoms with E-state index in [0.717, 1.165) is 48.5 Å². The van der Waals surface area contributed by atoms with Crippen LogP contribution in [0.3, 0.4) is 0 Å². The average molecular weight is 452 g/mol. The molecule has 3 aromatic carbocycles. The fourth-order valence-corrected chi connectivity index (χ4v) is 4.78. The van der Waals surface area contributed by atoms with Gasteiger partial charge in [-0.25, -0.2) is 5.06 Å². The van der Waals surface area contributed by atoms with E-state index in [1.54, 1.807) is 18.3 Å². The van der Waals surface area contributed by atoms with Crippen LogP contribution in [-0.4, -0.2) is 33.7 Å². The fraction of sp³-hybridized carbons (Fsp3) is 0.241. The average Bonchev–Trinajstić information content (AvgIpc) is 2.91. The molecule has 34 heavy (non-hydrogen) atoms. The standard InChI is InChI=1S/C29H29N3O2/c33-29(23-14-12-22(13-15-23)28-10-3-5-17-30-28)32(34)18-6-4-8-25-19-27-24(20-31-25)16-11-21-7-1-2-9-26(21)27/h1-3,5,7,9-17,25,31,34H,4,6,8,18-20H2. The molecule has 1 atom stereocenters. The number of fused-ring (bicyclic) bond motifs is 3. The molecule has 1 aliphatic heterocycles. The van der Waals surface area contributed by atoms with E-state index in [-0.39, 0.29) is 5.91 Å². The SMILES string of the molecule is O=C(c1ccc(-c2ccccn2)cc1)N(O)CCCCC1Cc2c(ccc3ccccc23)CN1. The summed E-state index contributed by atoms with van der Waals surface area (Å²) in [5, 5.41) is 17.4. The Kier molecular flexibility index (Phi) is 6.65. The molecule has 5 nitrogen and oxygen atoms in total. The Bertz CT molecular complexity index is 1270. The van der Waals surface area contributed by atoms with Gasteiger partial charge in [-0.1, -0.05) is 61.0 Å².